The van der Waals surface area contributed by atoms with Crippen molar-refractivity contribution in [2.75, 3.05) is 19.7 Å². The van der Waals surface area contributed by atoms with Crippen molar-refractivity contribution >= 4 is 0 Å². The van der Waals surface area contributed by atoms with Crippen LogP contribution in [-0.2, 0) is 6.54 Å². The number of likely N-dealkylation sites (tertiary alicyclic amines) is 1. The van der Waals surface area contributed by atoms with Gasteiger partial charge >= 0.3 is 0 Å². The van der Waals surface area contributed by atoms with Crippen LogP contribution in [0.3, 0.4) is 0 Å². The summed E-state index contributed by atoms with van der Waals surface area (Å²) in [5.74, 6) is 2.16. The third-order valence-electron chi connectivity index (χ3n) is 5.63. The van der Waals surface area contributed by atoms with Crippen LogP contribution < -0.4 is 4.74 Å². The summed E-state index contributed by atoms with van der Waals surface area (Å²) in [5.41, 5.74) is 1.25. The molecule has 4 rings (SSSR count). The number of fused-ring (bicyclic) bond motifs is 1. The summed E-state index contributed by atoms with van der Waals surface area (Å²) in [7, 11) is 0. The van der Waals surface area contributed by atoms with E-state index in [0.717, 1.165) is 38.2 Å². The molecule has 0 spiro atoms. The van der Waals surface area contributed by atoms with Crippen LogP contribution in [0.15, 0.2) is 36.9 Å². The second-order valence-corrected chi connectivity index (χ2v) is 7.24. The standard InChI is InChI=1S/C19H26N4O2/c1-2-25-19-6-4-3-5-14(19)9-22-10-15-7-17(23-13-20-12-21-23)18(24)8-16(15)11-22/h3-6,12-13,15-18,24H,2,7-11H2,1H3/t15-,16+,17-,18-/m1/s1. The van der Waals surface area contributed by atoms with Crippen molar-refractivity contribution in [3.05, 3.63) is 42.5 Å². The van der Waals surface area contributed by atoms with E-state index in [-0.39, 0.29) is 12.1 Å². The number of rotatable bonds is 5. The van der Waals surface area contributed by atoms with Gasteiger partial charge in [0.05, 0.1) is 18.8 Å². The van der Waals surface area contributed by atoms with Gasteiger partial charge in [0.1, 0.15) is 18.4 Å². The zero-order valence-electron chi connectivity index (χ0n) is 14.7. The predicted molar refractivity (Wildman–Crippen MR) is 94.2 cm³/mol. The van der Waals surface area contributed by atoms with Crippen molar-refractivity contribution in [3.63, 3.8) is 0 Å². The first kappa shape index (κ1) is 16.5. The van der Waals surface area contributed by atoms with Crippen LogP contribution in [0.25, 0.3) is 0 Å². The summed E-state index contributed by atoms with van der Waals surface area (Å²) in [5, 5.41) is 14.8. The van der Waals surface area contributed by atoms with Gasteiger partial charge in [0, 0.05) is 25.2 Å². The van der Waals surface area contributed by atoms with Crippen molar-refractivity contribution in [2.45, 2.75) is 38.5 Å². The number of aliphatic hydroxyl groups excluding tert-OH is 1. The second kappa shape index (κ2) is 7.14. The average Bonchev–Trinajstić information content (AvgIpc) is 3.25. The quantitative estimate of drug-likeness (QED) is 0.902. The summed E-state index contributed by atoms with van der Waals surface area (Å²) in [6, 6.07) is 8.36. The molecule has 0 radical (unpaired) electrons. The molecule has 6 heteroatoms. The van der Waals surface area contributed by atoms with Crippen LogP contribution in [-0.4, -0.2) is 50.6 Å². The third-order valence-corrected chi connectivity index (χ3v) is 5.63. The molecule has 1 N–H and O–H groups in total. The predicted octanol–water partition coefficient (Wildman–Crippen LogP) is 2.12. The molecule has 1 saturated carbocycles. The topological polar surface area (TPSA) is 63.4 Å². The van der Waals surface area contributed by atoms with E-state index < -0.39 is 0 Å². The van der Waals surface area contributed by atoms with Gasteiger partial charge in [-0.25, -0.2) is 9.67 Å². The normalized spacial score (nSPS) is 29.5. The maximum Gasteiger partial charge on any atom is 0.137 e. The second-order valence-electron chi connectivity index (χ2n) is 7.24. The van der Waals surface area contributed by atoms with Gasteiger partial charge in [-0.15, -0.1) is 0 Å². The fraction of sp³-hybridized carbons (Fsp3) is 0.579. The van der Waals surface area contributed by atoms with Gasteiger partial charge in [-0.3, -0.25) is 4.90 Å². The van der Waals surface area contributed by atoms with E-state index in [9.17, 15) is 5.11 Å². The number of benzene rings is 1. The Morgan fingerprint density at radius 2 is 2.00 bits per heavy atom. The first-order chi connectivity index (χ1) is 12.2. The zero-order valence-corrected chi connectivity index (χ0v) is 14.7. The van der Waals surface area contributed by atoms with Crippen LogP contribution in [0.2, 0.25) is 0 Å². The summed E-state index contributed by atoms with van der Waals surface area (Å²) < 4.78 is 7.59. The molecule has 134 valence electrons. The summed E-state index contributed by atoms with van der Waals surface area (Å²) in [6.07, 6.45) is 4.75. The highest BCUT2D eigenvalue weighted by Crippen LogP contribution is 2.41. The van der Waals surface area contributed by atoms with Crippen LogP contribution in [0.4, 0.5) is 0 Å². The van der Waals surface area contributed by atoms with E-state index in [1.165, 1.54) is 5.56 Å². The molecule has 2 aromatic rings. The van der Waals surface area contributed by atoms with E-state index in [4.69, 9.17) is 4.74 Å². The van der Waals surface area contributed by atoms with E-state index in [0.29, 0.717) is 18.4 Å². The minimum absolute atomic E-state index is 0.0550. The molecule has 2 fully saturated rings. The molecule has 1 aliphatic heterocycles. The minimum atomic E-state index is -0.335. The summed E-state index contributed by atoms with van der Waals surface area (Å²) in [6.45, 7) is 5.74. The van der Waals surface area contributed by atoms with Gasteiger partial charge in [0.15, 0.2) is 0 Å². The Balaban J connectivity index is 1.43. The molecule has 1 aliphatic carbocycles. The van der Waals surface area contributed by atoms with Gasteiger partial charge in [-0.1, -0.05) is 18.2 Å². The molecule has 0 unspecified atom stereocenters. The lowest BCUT2D eigenvalue weighted by atomic mass is 9.77. The molecule has 25 heavy (non-hydrogen) atoms. The lowest BCUT2D eigenvalue weighted by Crippen LogP contribution is -2.36. The number of para-hydroxylation sites is 1. The number of nitrogens with zero attached hydrogens (tertiary/aromatic N) is 4. The van der Waals surface area contributed by atoms with E-state index in [1.807, 2.05) is 23.7 Å². The Morgan fingerprint density at radius 1 is 1.20 bits per heavy atom. The van der Waals surface area contributed by atoms with Crippen molar-refractivity contribution < 1.29 is 9.84 Å². The number of hydrogen-bond acceptors (Lipinski definition) is 5. The largest absolute Gasteiger partial charge is 0.494 e. The Kier molecular flexibility index (Phi) is 4.72. The Bertz CT molecular complexity index is 690. The fourth-order valence-electron chi connectivity index (χ4n) is 4.48. The van der Waals surface area contributed by atoms with Gasteiger partial charge in [-0.05, 0) is 37.7 Å². The van der Waals surface area contributed by atoms with E-state index >= 15 is 0 Å². The van der Waals surface area contributed by atoms with Gasteiger partial charge in [0.2, 0.25) is 0 Å². The summed E-state index contributed by atoms with van der Waals surface area (Å²) >= 11 is 0. The molecular weight excluding hydrogens is 316 g/mol. The van der Waals surface area contributed by atoms with Crippen LogP contribution in [0, 0.1) is 11.8 Å². The van der Waals surface area contributed by atoms with Crippen LogP contribution >= 0.6 is 0 Å². The van der Waals surface area contributed by atoms with Crippen LogP contribution in [0.1, 0.15) is 31.4 Å². The molecule has 1 saturated heterocycles. The van der Waals surface area contributed by atoms with E-state index in [1.54, 1.807) is 12.7 Å². The lowest BCUT2D eigenvalue weighted by molar-refractivity contribution is 0.0304. The highest BCUT2D eigenvalue weighted by molar-refractivity contribution is 5.33. The van der Waals surface area contributed by atoms with Gasteiger partial charge < -0.3 is 9.84 Å². The Hall–Kier alpha value is -1.92. The number of aliphatic hydroxyl groups is 1. The van der Waals surface area contributed by atoms with E-state index in [2.05, 4.69) is 27.1 Å². The molecule has 6 nitrogen and oxygen atoms in total. The van der Waals surface area contributed by atoms with Crippen LogP contribution in [0.5, 0.6) is 5.75 Å². The number of hydrogen-bond donors (Lipinski definition) is 1. The summed E-state index contributed by atoms with van der Waals surface area (Å²) in [4.78, 5) is 6.54. The highest BCUT2D eigenvalue weighted by Gasteiger charge is 2.42. The molecule has 0 bridgehead atoms. The van der Waals surface area contributed by atoms with Gasteiger partial charge in [-0.2, -0.15) is 5.10 Å². The zero-order chi connectivity index (χ0) is 17.2. The van der Waals surface area contributed by atoms with Gasteiger partial charge in [0.25, 0.3) is 0 Å². The fourth-order valence-corrected chi connectivity index (χ4v) is 4.48. The first-order valence-electron chi connectivity index (χ1n) is 9.19. The Labute approximate surface area is 148 Å². The van der Waals surface area contributed by atoms with Crippen molar-refractivity contribution in [3.8, 4) is 5.75 Å². The molecule has 2 heterocycles. The SMILES string of the molecule is CCOc1ccccc1CN1C[C@H]2C[C@@H](n3cncn3)[C@H](O)C[C@H]2C1. The van der Waals surface area contributed by atoms with Crippen molar-refractivity contribution in [2.24, 2.45) is 11.8 Å². The molecule has 1 aromatic heterocycles. The van der Waals surface area contributed by atoms with Crippen molar-refractivity contribution in [1.82, 2.24) is 19.7 Å². The highest BCUT2D eigenvalue weighted by atomic mass is 16.5. The minimum Gasteiger partial charge on any atom is -0.494 e. The average molecular weight is 342 g/mol. The maximum atomic E-state index is 10.6. The number of ether oxygens (including phenoxy) is 1. The molecular formula is C19H26N4O2. The Morgan fingerprint density at radius 3 is 2.76 bits per heavy atom. The smallest absolute Gasteiger partial charge is 0.137 e. The third kappa shape index (κ3) is 3.41. The number of aromatic nitrogens is 3. The monoisotopic (exact) mass is 342 g/mol. The maximum absolute atomic E-state index is 10.6. The molecule has 4 atom stereocenters. The first-order valence-corrected chi connectivity index (χ1v) is 9.19. The van der Waals surface area contributed by atoms with Crippen molar-refractivity contribution in [1.29, 1.82) is 0 Å². The molecule has 0 amide bonds. The molecule has 2 aliphatic rings. The lowest BCUT2D eigenvalue weighted by Gasteiger charge is -2.35. The molecule has 1 aromatic carbocycles.